The molecule has 6 heteroatoms. The van der Waals surface area contributed by atoms with Crippen molar-refractivity contribution >= 4 is 17.6 Å². The van der Waals surface area contributed by atoms with Crippen molar-refractivity contribution in [1.29, 1.82) is 5.26 Å². The topological polar surface area (TPSA) is 90.6 Å². The van der Waals surface area contributed by atoms with E-state index in [9.17, 15) is 20.0 Å². The van der Waals surface area contributed by atoms with Gasteiger partial charge >= 0.3 is 5.97 Å². The number of anilines is 1. The lowest BCUT2D eigenvalue weighted by molar-refractivity contribution is -0.146. The molecule has 6 nitrogen and oxygen atoms in total. The van der Waals surface area contributed by atoms with E-state index in [0.717, 1.165) is 0 Å². The predicted octanol–water partition coefficient (Wildman–Crippen LogP) is 0.929. The molecule has 1 aromatic rings. The summed E-state index contributed by atoms with van der Waals surface area (Å²) in [5.41, 5.74) is 0.00823. The fourth-order valence-corrected chi connectivity index (χ4v) is 3.79. The van der Waals surface area contributed by atoms with Gasteiger partial charge in [-0.15, -0.1) is 0 Å². The number of amides is 1. The molecule has 0 aliphatic carbocycles. The van der Waals surface area contributed by atoms with Gasteiger partial charge in [0, 0.05) is 0 Å². The van der Waals surface area contributed by atoms with Crippen molar-refractivity contribution < 1.29 is 19.4 Å². The Labute approximate surface area is 126 Å². The van der Waals surface area contributed by atoms with Crippen LogP contribution in [0.5, 0.6) is 0 Å². The Morgan fingerprint density at radius 2 is 2.23 bits per heavy atom. The quantitative estimate of drug-likeness (QED) is 0.820. The lowest BCUT2D eigenvalue weighted by Crippen LogP contribution is -2.39. The van der Waals surface area contributed by atoms with Gasteiger partial charge in [-0.2, -0.15) is 5.26 Å². The SMILES string of the molecule is N#Cc1ccccc1N1C[C@@]23C=C[C@H](O2)[C@@H](C(=O)O)[C@@H]3C1=O. The highest BCUT2D eigenvalue weighted by Gasteiger charge is 2.67. The molecule has 2 saturated heterocycles. The molecule has 22 heavy (non-hydrogen) atoms. The number of carbonyl (C=O) groups is 2. The van der Waals surface area contributed by atoms with E-state index in [1.807, 2.05) is 0 Å². The summed E-state index contributed by atoms with van der Waals surface area (Å²) in [5.74, 6) is -2.91. The van der Waals surface area contributed by atoms with E-state index in [4.69, 9.17) is 4.74 Å². The second kappa shape index (κ2) is 4.18. The maximum absolute atomic E-state index is 12.8. The molecule has 3 aliphatic rings. The summed E-state index contributed by atoms with van der Waals surface area (Å²) in [6.45, 7) is 0.242. The lowest BCUT2D eigenvalue weighted by Gasteiger charge is -2.22. The molecule has 4 atom stereocenters. The van der Waals surface area contributed by atoms with Crippen molar-refractivity contribution in [3.05, 3.63) is 42.0 Å². The van der Waals surface area contributed by atoms with Crippen molar-refractivity contribution in [2.24, 2.45) is 11.8 Å². The Balaban J connectivity index is 1.79. The molecule has 3 aliphatic heterocycles. The van der Waals surface area contributed by atoms with E-state index in [1.165, 1.54) is 4.90 Å². The van der Waals surface area contributed by atoms with Crippen LogP contribution in [0.1, 0.15) is 5.56 Å². The van der Waals surface area contributed by atoms with E-state index >= 15 is 0 Å². The molecule has 2 fully saturated rings. The van der Waals surface area contributed by atoms with Crippen molar-refractivity contribution in [2.75, 3.05) is 11.4 Å². The second-order valence-corrected chi connectivity index (χ2v) is 5.79. The van der Waals surface area contributed by atoms with Gasteiger partial charge in [-0.3, -0.25) is 9.59 Å². The molecule has 3 heterocycles. The molecule has 110 valence electrons. The first kappa shape index (κ1) is 13.0. The number of nitriles is 1. The number of hydrogen-bond acceptors (Lipinski definition) is 4. The normalized spacial score (nSPS) is 34.8. The van der Waals surface area contributed by atoms with Crippen LogP contribution in [0.2, 0.25) is 0 Å². The van der Waals surface area contributed by atoms with Crippen molar-refractivity contribution in [2.45, 2.75) is 11.7 Å². The number of hydrogen-bond donors (Lipinski definition) is 1. The number of benzene rings is 1. The van der Waals surface area contributed by atoms with Gasteiger partial charge in [0.05, 0.1) is 29.8 Å². The maximum atomic E-state index is 12.8. The molecular weight excluding hydrogens is 284 g/mol. The number of para-hydroxylation sites is 1. The summed E-state index contributed by atoms with van der Waals surface area (Å²) in [6.07, 6.45) is 2.98. The first-order valence-electron chi connectivity index (χ1n) is 6.98. The molecule has 1 spiro atoms. The highest BCUT2D eigenvalue weighted by Crippen LogP contribution is 2.52. The monoisotopic (exact) mass is 296 g/mol. The second-order valence-electron chi connectivity index (χ2n) is 5.79. The minimum atomic E-state index is -1.02. The van der Waals surface area contributed by atoms with Crippen LogP contribution in [0.25, 0.3) is 0 Å². The third kappa shape index (κ3) is 1.46. The molecule has 0 unspecified atom stereocenters. The standard InChI is InChI=1S/C16H12N2O4/c17-7-9-3-1-2-4-10(9)18-8-16-6-5-11(22-16)12(15(20)21)13(16)14(18)19/h1-6,11-13H,8H2,(H,20,21)/t11-,12+,13+,16+/m0/s1. The van der Waals surface area contributed by atoms with Crippen LogP contribution in [0.3, 0.4) is 0 Å². The van der Waals surface area contributed by atoms with Crippen molar-refractivity contribution in [3.63, 3.8) is 0 Å². The fourth-order valence-electron chi connectivity index (χ4n) is 3.79. The number of nitrogens with zero attached hydrogens (tertiary/aromatic N) is 2. The van der Waals surface area contributed by atoms with Gasteiger partial charge in [-0.25, -0.2) is 0 Å². The third-order valence-corrected chi connectivity index (χ3v) is 4.70. The smallest absolute Gasteiger partial charge is 0.310 e. The number of carboxylic acid groups (broad SMARTS) is 1. The molecule has 2 bridgehead atoms. The highest BCUT2D eigenvalue weighted by atomic mass is 16.5. The Morgan fingerprint density at radius 1 is 1.45 bits per heavy atom. The molecule has 1 N–H and O–H groups in total. The molecule has 0 radical (unpaired) electrons. The van der Waals surface area contributed by atoms with E-state index in [2.05, 4.69) is 6.07 Å². The van der Waals surface area contributed by atoms with Gasteiger partial charge in [0.1, 0.15) is 17.6 Å². The Morgan fingerprint density at radius 3 is 2.95 bits per heavy atom. The maximum Gasteiger partial charge on any atom is 0.310 e. The molecule has 0 saturated carbocycles. The summed E-state index contributed by atoms with van der Waals surface area (Å²) >= 11 is 0. The Kier molecular flexibility index (Phi) is 2.48. The average Bonchev–Trinajstić information content (AvgIpc) is 3.15. The first-order chi connectivity index (χ1) is 10.6. The average molecular weight is 296 g/mol. The van der Waals surface area contributed by atoms with Crippen LogP contribution in [0.15, 0.2) is 36.4 Å². The molecule has 0 aromatic heterocycles. The zero-order valence-corrected chi connectivity index (χ0v) is 11.5. The van der Waals surface area contributed by atoms with Gasteiger partial charge < -0.3 is 14.7 Å². The van der Waals surface area contributed by atoms with Crippen molar-refractivity contribution in [1.82, 2.24) is 0 Å². The minimum absolute atomic E-state index is 0.242. The molecule has 4 rings (SSSR count). The number of fused-ring (bicyclic) bond motifs is 1. The molecule has 1 aromatic carbocycles. The first-order valence-corrected chi connectivity index (χ1v) is 6.98. The van der Waals surface area contributed by atoms with Gasteiger partial charge in [0.25, 0.3) is 0 Å². The number of carbonyl (C=O) groups excluding carboxylic acids is 1. The third-order valence-electron chi connectivity index (χ3n) is 4.70. The lowest BCUT2D eigenvalue weighted by atomic mass is 9.77. The van der Waals surface area contributed by atoms with E-state index in [0.29, 0.717) is 11.3 Å². The number of ether oxygens (including phenoxy) is 1. The molecular formula is C16H12N2O4. The zero-order chi connectivity index (χ0) is 15.5. The number of aliphatic carboxylic acids is 1. The zero-order valence-electron chi connectivity index (χ0n) is 11.5. The largest absolute Gasteiger partial charge is 0.481 e. The highest BCUT2D eigenvalue weighted by molar-refractivity contribution is 6.03. The summed E-state index contributed by atoms with van der Waals surface area (Å²) < 4.78 is 5.82. The predicted molar refractivity (Wildman–Crippen MR) is 74.9 cm³/mol. The van der Waals surface area contributed by atoms with Crippen LogP contribution in [-0.2, 0) is 14.3 Å². The summed E-state index contributed by atoms with van der Waals surface area (Å²) in [4.78, 5) is 25.8. The van der Waals surface area contributed by atoms with Gasteiger partial charge in [0.15, 0.2) is 0 Å². The van der Waals surface area contributed by atoms with Gasteiger partial charge in [0.2, 0.25) is 5.91 Å². The number of carboxylic acids is 1. The van der Waals surface area contributed by atoms with Crippen LogP contribution >= 0.6 is 0 Å². The van der Waals surface area contributed by atoms with Crippen LogP contribution in [0, 0.1) is 23.2 Å². The summed E-state index contributed by atoms with van der Waals surface area (Å²) in [5, 5.41) is 18.6. The van der Waals surface area contributed by atoms with Crippen LogP contribution < -0.4 is 4.90 Å². The number of rotatable bonds is 2. The summed E-state index contributed by atoms with van der Waals surface area (Å²) in [6, 6.07) is 8.87. The van der Waals surface area contributed by atoms with Gasteiger partial charge in [-0.1, -0.05) is 24.3 Å². The van der Waals surface area contributed by atoms with E-state index < -0.39 is 29.5 Å². The van der Waals surface area contributed by atoms with Crippen LogP contribution in [0.4, 0.5) is 5.69 Å². The molecule has 1 amide bonds. The van der Waals surface area contributed by atoms with Crippen molar-refractivity contribution in [3.8, 4) is 6.07 Å². The van der Waals surface area contributed by atoms with Crippen LogP contribution in [-0.4, -0.2) is 35.2 Å². The summed E-state index contributed by atoms with van der Waals surface area (Å²) in [7, 11) is 0. The van der Waals surface area contributed by atoms with Gasteiger partial charge in [-0.05, 0) is 12.1 Å². The van der Waals surface area contributed by atoms with E-state index in [1.54, 1.807) is 36.4 Å². The Bertz CT molecular complexity index is 766. The Hall–Kier alpha value is -2.65. The minimum Gasteiger partial charge on any atom is -0.481 e. The fraction of sp³-hybridized carbons (Fsp3) is 0.312. The van der Waals surface area contributed by atoms with E-state index in [-0.39, 0.29) is 12.5 Å².